The molecule has 0 atom stereocenters. The van der Waals surface area contributed by atoms with E-state index in [1.165, 1.54) is 0 Å². The van der Waals surface area contributed by atoms with Gasteiger partial charge in [-0.25, -0.2) is 9.78 Å². The summed E-state index contributed by atoms with van der Waals surface area (Å²) in [5, 5.41) is 0. The molecule has 142 valence electrons. The van der Waals surface area contributed by atoms with Crippen LogP contribution in [0.4, 0.5) is 0 Å². The van der Waals surface area contributed by atoms with E-state index in [1.54, 1.807) is 6.92 Å². The van der Waals surface area contributed by atoms with Crippen molar-refractivity contribution in [3.63, 3.8) is 0 Å². The molecule has 0 fully saturated rings. The van der Waals surface area contributed by atoms with Gasteiger partial charge in [0, 0.05) is 0 Å². The second-order valence-electron chi connectivity index (χ2n) is 8.01. The first-order chi connectivity index (χ1) is 11.4. The lowest BCUT2D eigenvalue weighted by atomic mass is 10.2. The first-order valence-electron chi connectivity index (χ1n) is 8.32. The van der Waals surface area contributed by atoms with Crippen LogP contribution in [0, 0.1) is 0 Å². The molecule has 0 radical (unpaired) electrons. The largest absolute Gasteiger partial charge is 0.461 e. The third-order valence-corrected chi connectivity index (χ3v) is 2.64. The van der Waals surface area contributed by atoms with Crippen LogP contribution < -0.4 is 0 Å². The summed E-state index contributed by atoms with van der Waals surface area (Å²) < 4.78 is 5.28. The van der Waals surface area contributed by atoms with Crippen LogP contribution in [0.15, 0.2) is 30.3 Å². The first-order valence-corrected chi connectivity index (χ1v) is 8.32. The highest BCUT2D eigenvalue weighted by molar-refractivity contribution is 5.70. The van der Waals surface area contributed by atoms with E-state index in [1.807, 2.05) is 71.9 Å². The topological polar surface area (TPSA) is 63.2 Å². The Morgan fingerprint density at radius 1 is 0.800 bits per heavy atom. The molecule has 0 unspecified atom stereocenters. The van der Waals surface area contributed by atoms with Crippen LogP contribution in [0.2, 0.25) is 0 Å². The zero-order chi connectivity index (χ0) is 19.1. The van der Waals surface area contributed by atoms with Crippen molar-refractivity contribution in [2.24, 2.45) is 0 Å². The maximum atomic E-state index is 12.2. The zero-order valence-corrected chi connectivity index (χ0v) is 16.3. The Kier molecular flexibility index (Phi) is 7.56. The van der Waals surface area contributed by atoms with Crippen molar-refractivity contribution in [1.82, 2.24) is 0 Å². The molecule has 1 aromatic rings. The molecule has 0 amide bonds. The average Bonchev–Trinajstić information content (AvgIpc) is 2.49. The fourth-order valence-electron chi connectivity index (χ4n) is 1.55. The lowest BCUT2D eigenvalue weighted by Crippen LogP contribution is -2.40. The number of esters is 1. The van der Waals surface area contributed by atoms with Crippen molar-refractivity contribution in [3.05, 3.63) is 35.9 Å². The average molecular weight is 354 g/mol. The van der Waals surface area contributed by atoms with Gasteiger partial charge >= 0.3 is 5.97 Å². The van der Waals surface area contributed by atoms with Crippen LogP contribution in [-0.4, -0.2) is 23.0 Å². The summed E-state index contributed by atoms with van der Waals surface area (Å²) in [5.41, 5.74) is -0.239. The van der Waals surface area contributed by atoms with Crippen molar-refractivity contribution in [3.8, 4) is 0 Å². The zero-order valence-electron chi connectivity index (χ0n) is 16.3. The second kappa shape index (κ2) is 8.76. The molecule has 0 saturated heterocycles. The van der Waals surface area contributed by atoms with Gasteiger partial charge in [-0.15, -0.1) is 0 Å². The Bertz CT molecular complexity index is 509. The predicted molar refractivity (Wildman–Crippen MR) is 93.1 cm³/mol. The molecule has 6 heteroatoms. The second-order valence-corrected chi connectivity index (χ2v) is 8.01. The van der Waals surface area contributed by atoms with Crippen molar-refractivity contribution in [2.75, 3.05) is 0 Å². The van der Waals surface area contributed by atoms with Crippen molar-refractivity contribution in [2.45, 2.75) is 78.5 Å². The number of carbonyl (C=O) groups is 1. The summed E-state index contributed by atoms with van der Waals surface area (Å²) >= 11 is 0. The van der Waals surface area contributed by atoms with E-state index in [4.69, 9.17) is 24.3 Å². The van der Waals surface area contributed by atoms with Crippen LogP contribution in [-0.2, 0) is 35.7 Å². The minimum absolute atomic E-state index is 0.177. The molecule has 0 aromatic heterocycles. The molecule has 0 heterocycles. The molecule has 0 saturated carbocycles. The molecule has 0 bridgehead atoms. The molecular formula is C19H30O6. The lowest BCUT2D eigenvalue weighted by Gasteiger charge is -2.32. The monoisotopic (exact) mass is 354 g/mol. The van der Waals surface area contributed by atoms with Gasteiger partial charge in [0.25, 0.3) is 0 Å². The summed E-state index contributed by atoms with van der Waals surface area (Å²) in [4.78, 5) is 33.5. The number of carbonyl (C=O) groups excluding carboxylic acids is 1. The van der Waals surface area contributed by atoms with Gasteiger partial charge in [-0.2, -0.15) is 9.78 Å². The van der Waals surface area contributed by atoms with Crippen molar-refractivity contribution >= 4 is 5.97 Å². The molecule has 0 N–H and O–H groups in total. The Balaban J connectivity index is 2.65. The molecule has 0 aliphatic carbocycles. The van der Waals surface area contributed by atoms with E-state index in [0.717, 1.165) is 5.56 Å². The van der Waals surface area contributed by atoms with Crippen LogP contribution in [0.3, 0.4) is 0 Å². The summed E-state index contributed by atoms with van der Waals surface area (Å²) in [6.45, 7) is 12.7. The predicted octanol–water partition coefficient (Wildman–Crippen LogP) is 4.33. The summed E-state index contributed by atoms with van der Waals surface area (Å²) in [6, 6.07) is 9.43. The van der Waals surface area contributed by atoms with Crippen molar-refractivity contribution < 1.29 is 29.1 Å². The molecular weight excluding hydrogens is 324 g/mol. The molecule has 0 aliphatic rings. The highest BCUT2D eigenvalue weighted by atomic mass is 17.3. The van der Waals surface area contributed by atoms with E-state index < -0.39 is 23.0 Å². The highest BCUT2D eigenvalue weighted by Crippen LogP contribution is 2.25. The standard InChI is InChI=1S/C19H30O6/c1-17(2,3)22-24-19(7,25-23-18(4,5)6)13-16(20)21-14-15-11-9-8-10-12-15/h8-12H,13-14H2,1-7H3. The summed E-state index contributed by atoms with van der Waals surface area (Å²) in [7, 11) is 0. The number of benzene rings is 1. The molecule has 0 spiro atoms. The van der Waals surface area contributed by atoms with E-state index in [0.29, 0.717) is 0 Å². The number of hydrogen-bond acceptors (Lipinski definition) is 6. The van der Waals surface area contributed by atoms with Crippen LogP contribution in [0.25, 0.3) is 0 Å². The lowest BCUT2D eigenvalue weighted by molar-refractivity contribution is -0.535. The quantitative estimate of drug-likeness (QED) is 0.300. The normalized spacial score (nSPS) is 12.9. The van der Waals surface area contributed by atoms with Gasteiger partial charge in [0.05, 0.1) is 11.2 Å². The number of rotatable bonds is 8. The molecule has 25 heavy (non-hydrogen) atoms. The molecule has 0 aliphatic heterocycles. The Morgan fingerprint density at radius 2 is 1.28 bits per heavy atom. The third kappa shape index (κ3) is 10.2. The van der Waals surface area contributed by atoms with Crippen LogP contribution in [0.5, 0.6) is 0 Å². The smallest absolute Gasteiger partial charge is 0.311 e. The molecule has 1 aromatic carbocycles. The van der Waals surface area contributed by atoms with Gasteiger partial charge in [-0.1, -0.05) is 30.3 Å². The summed E-state index contributed by atoms with van der Waals surface area (Å²) in [5.74, 6) is -1.92. The first kappa shape index (κ1) is 21.6. The van der Waals surface area contributed by atoms with Crippen LogP contribution >= 0.6 is 0 Å². The Morgan fingerprint density at radius 3 is 1.72 bits per heavy atom. The van der Waals surface area contributed by atoms with Crippen LogP contribution in [0.1, 0.15) is 60.5 Å². The fraction of sp³-hybridized carbons (Fsp3) is 0.632. The fourth-order valence-corrected chi connectivity index (χ4v) is 1.55. The van der Waals surface area contributed by atoms with Gasteiger partial charge in [0.2, 0.25) is 5.79 Å². The van der Waals surface area contributed by atoms with Gasteiger partial charge in [-0.05, 0) is 54.0 Å². The van der Waals surface area contributed by atoms with Gasteiger partial charge < -0.3 is 4.74 Å². The maximum Gasteiger partial charge on any atom is 0.311 e. The Labute approximate surface area is 150 Å². The minimum Gasteiger partial charge on any atom is -0.461 e. The highest BCUT2D eigenvalue weighted by Gasteiger charge is 2.37. The van der Waals surface area contributed by atoms with E-state index >= 15 is 0 Å². The minimum atomic E-state index is -1.44. The third-order valence-electron chi connectivity index (χ3n) is 2.64. The van der Waals surface area contributed by atoms with E-state index in [-0.39, 0.29) is 13.0 Å². The van der Waals surface area contributed by atoms with Crippen molar-refractivity contribution in [1.29, 1.82) is 0 Å². The van der Waals surface area contributed by atoms with Gasteiger partial charge in [0.1, 0.15) is 13.0 Å². The van der Waals surface area contributed by atoms with E-state index in [2.05, 4.69) is 0 Å². The maximum absolute atomic E-state index is 12.2. The van der Waals surface area contributed by atoms with Gasteiger partial charge in [0.15, 0.2) is 0 Å². The van der Waals surface area contributed by atoms with Gasteiger partial charge in [-0.3, -0.25) is 4.79 Å². The molecule has 6 nitrogen and oxygen atoms in total. The SMILES string of the molecule is CC(C)(C)OOC(C)(CC(=O)OCc1ccccc1)OOC(C)(C)C. The number of ether oxygens (including phenoxy) is 1. The Hall–Kier alpha value is -1.47. The number of hydrogen-bond donors (Lipinski definition) is 0. The molecule has 1 rings (SSSR count). The van der Waals surface area contributed by atoms with E-state index in [9.17, 15) is 4.79 Å². The summed E-state index contributed by atoms with van der Waals surface area (Å²) in [6.07, 6.45) is -0.188.